The number of ether oxygens (including phenoxy) is 1. The molecule has 1 atom stereocenters. The minimum atomic E-state index is 0.269. The van der Waals surface area contributed by atoms with Crippen LogP contribution in [0.1, 0.15) is 40.0 Å². The van der Waals surface area contributed by atoms with E-state index in [2.05, 4.69) is 43.1 Å². The molecule has 0 spiro atoms. The van der Waals surface area contributed by atoms with E-state index in [1.807, 2.05) is 24.3 Å². The van der Waals surface area contributed by atoms with Gasteiger partial charge in [-0.15, -0.1) is 0 Å². The maximum Gasteiger partial charge on any atom is 0.119 e. The topological polar surface area (TPSA) is 37.4 Å². The highest BCUT2D eigenvalue weighted by Crippen LogP contribution is 2.35. The molecule has 4 nitrogen and oxygen atoms in total. The van der Waals surface area contributed by atoms with Gasteiger partial charge in [0.15, 0.2) is 0 Å². The van der Waals surface area contributed by atoms with Crippen molar-refractivity contribution >= 4 is 39.1 Å². The van der Waals surface area contributed by atoms with Crippen LogP contribution in [0, 0.1) is 0 Å². The maximum absolute atomic E-state index is 6.25. The van der Waals surface area contributed by atoms with Gasteiger partial charge in [0.05, 0.1) is 30.0 Å². The van der Waals surface area contributed by atoms with E-state index in [0.29, 0.717) is 5.02 Å². The number of halogens is 1. The summed E-state index contributed by atoms with van der Waals surface area (Å²) in [5, 5.41) is 6.71. The summed E-state index contributed by atoms with van der Waals surface area (Å²) in [6.45, 7) is 8.69. The van der Waals surface area contributed by atoms with Crippen LogP contribution >= 0.6 is 11.6 Å². The molecule has 0 bridgehead atoms. The Bertz CT molecular complexity index is 940. The van der Waals surface area contributed by atoms with Gasteiger partial charge in [0, 0.05) is 15.8 Å². The smallest absolute Gasteiger partial charge is 0.119 e. The molecule has 0 radical (unpaired) electrons. The molecule has 0 saturated heterocycles. The molecule has 0 amide bonds. The molecule has 1 aromatic heterocycles. The number of hydrogen-bond donors (Lipinski definition) is 1. The number of pyridine rings is 1. The first-order chi connectivity index (χ1) is 13.6. The Labute approximate surface area is 172 Å². The molecule has 1 N–H and O–H groups in total. The lowest BCUT2D eigenvalue weighted by Gasteiger charge is -2.32. The molecule has 28 heavy (non-hydrogen) atoms. The zero-order valence-corrected chi connectivity index (χ0v) is 18.0. The Hall–Kier alpha value is -2.04. The molecular formula is C23H30ClN3O. The summed E-state index contributed by atoms with van der Waals surface area (Å²) in [4.78, 5) is 7.31. The highest BCUT2D eigenvalue weighted by molar-refractivity contribution is 6.31. The average Bonchev–Trinajstić information content (AvgIpc) is 2.71. The van der Waals surface area contributed by atoms with Gasteiger partial charge >= 0.3 is 0 Å². The Balaban J connectivity index is 2.18. The highest BCUT2D eigenvalue weighted by Gasteiger charge is 2.19. The number of unbranched alkanes of at least 4 members (excludes halogenated alkanes) is 1. The van der Waals surface area contributed by atoms with Crippen molar-refractivity contribution in [3.8, 4) is 5.75 Å². The summed E-state index contributed by atoms with van der Waals surface area (Å²) in [6.07, 6.45) is 3.73. The van der Waals surface area contributed by atoms with Crippen LogP contribution in [0.25, 0.3) is 21.8 Å². The predicted molar refractivity (Wildman–Crippen MR) is 121 cm³/mol. The zero-order valence-electron chi connectivity index (χ0n) is 17.3. The van der Waals surface area contributed by atoms with Crippen molar-refractivity contribution in [2.75, 3.05) is 25.5 Å². The van der Waals surface area contributed by atoms with E-state index < -0.39 is 0 Å². The molecule has 3 aromatic rings. The predicted octanol–water partition coefficient (Wildman–Crippen LogP) is 6.32. The molecular weight excluding hydrogens is 370 g/mol. The van der Waals surface area contributed by atoms with E-state index >= 15 is 0 Å². The number of benzene rings is 2. The standard InChI is InChI=1S/C23H30ClN3O/c1-5-8-9-22(27(6-2)7-3)26-23-18-12-10-16(24)14-21(18)25-20-13-11-17(28-4)15-19(20)23/h10-15,22H,5-9H2,1-4H3,(H,25,26). The number of methoxy groups -OCH3 is 1. The molecule has 150 valence electrons. The van der Waals surface area contributed by atoms with E-state index in [1.165, 1.54) is 12.8 Å². The summed E-state index contributed by atoms with van der Waals surface area (Å²) < 4.78 is 5.48. The third kappa shape index (κ3) is 4.34. The third-order valence-corrected chi connectivity index (χ3v) is 5.57. The second-order valence-electron chi connectivity index (χ2n) is 7.05. The zero-order chi connectivity index (χ0) is 20.1. The van der Waals surface area contributed by atoms with Crippen LogP contribution in [0.2, 0.25) is 5.02 Å². The molecule has 0 fully saturated rings. The van der Waals surface area contributed by atoms with Gasteiger partial charge in [-0.3, -0.25) is 4.90 Å². The van der Waals surface area contributed by atoms with E-state index in [4.69, 9.17) is 21.3 Å². The van der Waals surface area contributed by atoms with Crippen molar-refractivity contribution in [3.05, 3.63) is 41.4 Å². The molecule has 2 aromatic carbocycles. The number of hydrogen-bond acceptors (Lipinski definition) is 4. The van der Waals surface area contributed by atoms with Crippen molar-refractivity contribution in [2.24, 2.45) is 0 Å². The van der Waals surface area contributed by atoms with Crippen LogP contribution in [0.15, 0.2) is 36.4 Å². The number of anilines is 1. The molecule has 3 rings (SSSR count). The van der Waals surface area contributed by atoms with Gasteiger partial charge in [-0.1, -0.05) is 45.2 Å². The summed E-state index contributed by atoms with van der Waals surface area (Å²) in [7, 11) is 1.70. The number of rotatable bonds is 9. The fourth-order valence-corrected chi connectivity index (χ4v) is 3.92. The Morgan fingerprint density at radius 2 is 1.82 bits per heavy atom. The van der Waals surface area contributed by atoms with E-state index in [9.17, 15) is 0 Å². The summed E-state index contributed by atoms with van der Waals surface area (Å²) in [6, 6.07) is 12.0. The fourth-order valence-electron chi connectivity index (χ4n) is 3.75. The normalized spacial score (nSPS) is 12.6. The summed E-state index contributed by atoms with van der Waals surface area (Å²) in [5.41, 5.74) is 2.94. The molecule has 0 aliphatic rings. The first-order valence-electron chi connectivity index (χ1n) is 10.2. The number of nitrogens with zero attached hydrogens (tertiary/aromatic N) is 2. The van der Waals surface area contributed by atoms with Crippen molar-refractivity contribution in [1.29, 1.82) is 0 Å². The van der Waals surface area contributed by atoms with Crippen LogP contribution in [0.3, 0.4) is 0 Å². The van der Waals surface area contributed by atoms with Crippen molar-refractivity contribution in [1.82, 2.24) is 9.88 Å². The van der Waals surface area contributed by atoms with Crippen molar-refractivity contribution < 1.29 is 4.74 Å². The largest absolute Gasteiger partial charge is 0.497 e. The van der Waals surface area contributed by atoms with Gasteiger partial charge in [-0.25, -0.2) is 4.98 Å². The number of aromatic nitrogens is 1. The second kappa shape index (κ2) is 9.44. The number of nitrogens with one attached hydrogen (secondary N) is 1. The van der Waals surface area contributed by atoms with Crippen LogP contribution in [-0.2, 0) is 0 Å². The maximum atomic E-state index is 6.25. The third-order valence-electron chi connectivity index (χ3n) is 5.34. The Morgan fingerprint density at radius 3 is 2.50 bits per heavy atom. The highest BCUT2D eigenvalue weighted by atomic mass is 35.5. The number of fused-ring (bicyclic) bond motifs is 2. The molecule has 0 saturated carbocycles. The lowest BCUT2D eigenvalue weighted by atomic mass is 10.1. The molecule has 1 unspecified atom stereocenters. The second-order valence-corrected chi connectivity index (χ2v) is 7.49. The lowest BCUT2D eigenvalue weighted by molar-refractivity contribution is 0.225. The molecule has 1 heterocycles. The molecule has 5 heteroatoms. The van der Waals surface area contributed by atoms with Gasteiger partial charge in [0.1, 0.15) is 5.75 Å². The lowest BCUT2D eigenvalue weighted by Crippen LogP contribution is -2.40. The van der Waals surface area contributed by atoms with E-state index in [-0.39, 0.29) is 6.17 Å². The van der Waals surface area contributed by atoms with Gasteiger partial charge in [0.2, 0.25) is 0 Å². The van der Waals surface area contributed by atoms with E-state index in [1.54, 1.807) is 7.11 Å². The monoisotopic (exact) mass is 399 g/mol. The fraction of sp³-hybridized carbons (Fsp3) is 0.435. The van der Waals surface area contributed by atoms with Crippen molar-refractivity contribution in [2.45, 2.75) is 46.2 Å². The average molecular weight is 400 g/mol. The van der Waals surface area contributed by atoms with Gasteiger partial charge in [0.25, 0.3) is 0 Å². The SMILES string of the molecule is CCCCC(Nc1c2ccc(Cl)cc2nc2ccc(OC)cc12)N(CC)CC. The minimum Gasteiger partial charge on any atom is -0.497 e. The molecule has 0 aliphatic carbocycles. The van der Waals surface area contributed by atoms with Crippen LogP contribution in [0.4, 0.5) is 5.69 Å². The van der Waals surface area contributed by atoms with Gasteiger partial charge < -0.3 is 10.1 Å². The van der Waals surface area contributed by atoms with Crippen LogP contribution in [0.5, 0.6) is 5.75 Å². The van der Waals surface area contributed by atoms with Crippen LogP contribution in [-0.4, -0.2) is 36.2 Å². The summed E-state index contributed by atoms with van der Waals surface area (Å²) >= 11 is 6.25. The quantitative estimate of drug-likeness (QED) is 0.337. The van der Waals surface area contributed by atoms with Crippen LogP contribution < -0.4 is 10.1 Å². The first kappa shape index (κ1) is 20.7. The van der Waals surface area contributed by atoms with E-state index in [0.717, 1.165) is 52.8 Å². The van der Waals surface area contributed by atoms with Gasteiger partial charge in [-0.05, 0) is 55.9 Å². The Kier molecular flexibility index (Phi) is 6.97. The Morgan fingerprint density at radius 1 is 1.04 bits per heavy atom. The van der Waals surface area contributed by atoms with Gasteiger partial charge in [-0.2, -0.15) is 0 Å². The molecule has 0 aliphatic heterocycles. The minimum absolute atomic E-state index is 0.269. The summed E-state index contributed by atoms with van der Waals surface area (Å²) in [5.74, 6) is 0.832. The van der Waals surface area contributed by atoms with Crippen molar-refractivity contribution in [3.63, 3.8) is 0 Å². The first-order valence-corrected chi connectivity index (χ1v) is 10.6.